The van der Waals surface area contributed by atoms with Gasteiger partial charge in [-0.3, -0.25) is 4.79 Å². The fourth-order valence-corrected chi connectivity index (χ4v) is 2.48. The minimum absolute atomic E-state index is 0.0469. The predicted molar refractivity (Wildman–Crippen MR) is 91.4 cm³/mol. The van der Waals surface area contributed by atoms with E-state index >= 15 is 0 Å². The molecule has 1 atom stereocenters. The first kappa shape index (κ1) is 20.3. The Hall–Kier alpha value is -3.03. The third kappa shape index (κ3) is 6.02. The van der Waals surface area contributed by atoms with Crippen molar-refractivity contribution in [3.05, 3.63) is 65.2 Å². The number of carboxylic acid groups (broad SMARTS) is 1. The predicted octanol–water partition coefficient (Wildman–Crippen LogP) is 3.07. The number of halogens is 3. The summed E-state index contributed by atoms with van der Waals surface area (Å²) in [5.41, 5.74) is 0.204. The van der Waals surface area contributed by atoms with Gasteiger partial charge in [0, 0.05) is 6.42 Å². The molecule has 1 amide bonds. The number of aliphatic carboxylic acids is 1. The molecule has 2 aromatic rings. The van der Waals surface area contributed by atoms with Crippen LogP contribution in [0.15, 0.2) is 48.5 Å². The smallest absolute Gasteiger partial charge is 0.416 e. The van der Waals surface area contributed by atoms with Crippen LogP contribution in [0.1, 0.15) is 16.7 Å². The molecule has 0 fully saturated rings. The zero-order chi connectivity index (χ0) is 20.0. The Balaban J connectivity index is 2.01. The van der Waals surface area contributed by atoms with Crippen LogP contribution in [0.5, 0.6) is 5.75 Å². The molecule has 0 spiro atoms. The lowest BCUT2D eigenvalue weighted by Gasteiger charge is -2.15. The lowest BCUT2D eigenvalue weighted by Crippen LogP contribution is -2.43. The highest BCUT2D eigenvalue weighted by atomic mass is 19.4. The number of carboxylic acids is 1. The molecule has 0 saturated carbocycles. The molecule has 0 unspecified atom stereocenters. The highest BCUT2D eigenvalue weighted by molar-refractivity contribution is 5.85. The van der Waals surface area contributed by atoms with E-state index in [1.54, 1.807) is 24.3 Å². The molecular formula is C19H18F3NO4. The summed E-state index contributed by atoms with van der Waals surface area (Å²) in [6, 6.07) is 9.78. The van der Waals surface area contributed by atoms with Crippen LogP contribution in [0.3, 0.4) is 0 Å². The zero-order valence-corrected chi connectivity index (χ0v) is 14.4. The third-order valence-corrected chi connectivity index (χ3v) is 3.85. The molecule has 0 aliphatic rings. The van der Waals surface area contributed by atoms with Gasteiger partial charge in [0.25, 0.3) is 0 Å². The lowest BCUT2D eigenvalue weighted by atomic mass is 10.0. The number of methoxy groups -OCH3 is 1. The van der Waals surface area contributed by atoms with E-state index in [1.165, 1.54) is 19.2 Å². The number of carbonyl (C=O) groups is 2. The van der Waals surface area contributed by atoms with E-state index in [9.17, 15) is 27.9 Å². The standard InChI is InChI=1S/C19H18F3NO4/c1-27-15-4-2-3-13(9-15)10-16(18(25)26)23-17(24)11-12-5-7-14(8-6-12)19(20,21)22/h2-9,16H,10-11H2,1H3,(H,23,24)(H,25,26)/t16-/m1/s1. The normalized spacial score (nSPS) is 12.3. The molecular weight excluding hydrogens is 363 g/mol. The fourth-order valence-electron chi connectivity index (χ4n) is 2.48. The Morgan fingerprint density at radius 2 is 1.78 bits per heavy atom. The molecule has 2 rings (SSSR count). The molecule has 27 heavy (non-hydrogen) atoms. The monoisotopic (exact) mass is 381 g/mol. The van der Waals surface area contributed by atoms with Crippen LogP contribution in [0.25, 0.3) is 0 Å². The van der Waals surface area contributed by atoms with E-state index in [-0.39, 0.29) is 12.8 Å². The second-order valence-corrected chi connectivity index (χ2v) is 5.89. The molecule has 2 N–H and O–H groups in total. The van der Waals surface area contributed by atoms with Crippen molar-refractivity contribution in [1.82, 2.24) is 5.32 Å². The van der Waals surface area contributed by atoms with Crippen LogP contribution in [-0.2, 0) is 28.6 Å². The van der Waals surface area contributed by atoms with Crippen LogP contribution >= 0.6 is 0 Å². The first-order chi connectivity index (χ1) is 12.7. The molecule has 0 bridgehead atoms. The quantitative estimate of drug-likeness (QED) is 0.773. The molecule has 0 aromatic heterocycles. The summed E-state index contributed by atoms with van der Waals surface area (Å²) < 4.78 is 42.7. The van der Waals surface area contributed by atoms with E-state index in [0.717, 1.165) is 12.1 Å². The van der Waals surface area contributed by atoms with E-state index < -0.39 is 29.7 Å². The maximum absolute atomic E-state index is 12.6. The van der Waals surface area contributed by atoms with Gasteiger partial charge in [-0.25, -0.2) is 4.79 Å². The summed E-state index contributed by atoms with van der Waals surface area (Å²) in [7, 11) is 1.49. The van der Waals surface area contributed by atoms with Crippen LogP contribution in [0.2, 0.25) is 0 Å². The Bertz CT molecular complexity index is 803. The van der Waals surface area contributed by atoms with Gasteiger partial charge in [-0.05, 0) is 35.4 Å². The van der Waals surface area contributed by atoms with Crippen molar-refractivity contribution in [2.45, 2.75) is 25.1 Å². The molecule has 0 aliphatic heterocycles. The average Bonchev–Trinajstić information content (AvgIpc) is 2.61. The Morgan fingerprint density at radius 1 is 1.11 bits per heavy atom. The van der Waals surface area contributed by atoms with Crippen LogP contribution in [0.4, 0.5) is 13.2 Å². The Labute approximate surface area is 153 Å². The van der Waals surface area contributed by atoms with Gasteiger partial charge in [-0.2, -0.15) is 13.2 Å². The maximum atomic E-state index is 12.6. The van der Waals surface area contributed by atoms with Crippen LogP contribution in [0, 0.1) is 0 Å². The molecule has 8 heteroatoms. The van der Waals surface area contributed by atoms with E-state index in [4.69, 9.17) is 4.74 Å². The average molecular weight is 381 g/mol. The molecule has 5 nitrogen and oxygen atoms in total. The maximum Gasteiger partial charge on any atom is 0.416 e. The van der Waals surface area contributed by atoms with Crippen LogP contribution < -0.4 is 10.1 Å². The van der Waals surface area contributed by atoms with Gasteiger partial charge in [0.05, 0.1) is 19.1 Å². The summed E-state index contributed by atoms with van der Waals surface area (Å²) >= 11 is 0. The Morgan fingerprint density at radius 3 is 2.33 bits per heavy atom. The number of ether oxygens (including phenoxy) is 1. The summed E-state index contributed by atoms with van der Waals surface area (Å²) in [4.78, 5) is 23.5. The van der Waals surface area contributed by atoms with Crippen molar-refractivity contribution < 1.29 is 32.6 Å². The first-order valence-electron chi connectivity index (χ1n) is 8.00. The first-order valence-corrected chi connectivity index (χ1v) is 8.00. The van der Waals surface area contributed by atoms with Crippen molar-refractivity contribution in [2.24, 2.45) is 0 Å². The Kier molecular flexibility index (Phi) is 6.44. The van der Waals surface area contributed by atoms with Gasteiger partial charge >= 0.3 is 12.1 Å². The second kappa shape index (κ2) is 8.57. The summed E-state index contributed by atoms with van der Waals surface area (Å²) in [5.74, 6) is -1.24. The number of rotatable bonds is 7. The SMILES string of the molecule is COc1cccc(C[C@@H](NC(=O)Cc2ccc(C(F)(F)F)cc2)C(=O)O)c1. The largest absolute Gasteiger partial charge is 0.497 e. The molecule has 0 heterocycles. The second-order valence-electron chi connectivity index (χ2n) is 5.89. The van der Waals surface area contributed by atoms with Gasteiger partial charge in [-0.15, -0.1) is 0 Å². The molecule has 0 aliphatic carbocycles. The van der Waals surface area contributed by atoms with Crippen molar-refractivity contribution >= 4 is 11.9 Å². The topological polar surface area (TPSA) is 75.6 Å². The highest BCUT2D eigenvalue weighted by Crippen LogP contribution is 2.29. The number of carbonyl (C=O) groups excluding carboxylic acids is 1. The van der Waals surface area contributed by atoms with Gasteiger partial charge in [0.1, 0.15) is 11.8 Å². The summed E-state index contributed by atoms with van der Waals surface area (Å²) in [5, 5.41) is 11.7. The van der Waals surface area contributed by atoms with Gasteiger partial charge in [0.2, 0.25) is 5.91 Å². The summed E-state index contributed by atoms with van der Waals surface area (Å²) in [6.45, 7) is 0. The van der Waals surface area contributed by atoms with Crippen LogP contribution in [-0.4, -0.2) is 30.1 Å². The van der Waals surface area contributed by atoms with Gasteiger partial charge in [0.15, 0.2) is 0 Å². The summed E-state index contributed by atoms with van der Waals surface area (Å²) in [6.07, 6.45) is -4.63. The molecule has 144 valence electrons. The molecule has 0 radical (unpaired) electrons. The highest BCUT2D eigenvalue weighted by Gasteiger charge is 2.30. The van der Waals surface area contributed by atoms with E-state index in [2.05, 4.69) is 5.32 Å². The zero-order valence-electron chi connectivity index (χ0n) is 14.4. The number of amides is 1. The number of nitrogens with one attached hydrogen (secondary N) is 1. The van der Waals surface area contributed by atoms with Crippen molar-refractivity contribution in [3.63, 3.8) is 0 Å². The third-order valence-electron chi connectivity index (χ3n) is 3.85. The number of hydrogen-bond acceptors (Lipinski definition) is 3. The minimum Gasteiger partial charge on any atom is -0.497 e. The number of benzene rings is 2. The van der Waals surface area contributed by atoms with E-state index in [0.29, 0.717) is 16.9 Å². The molecule has 2 aromatic carbocycles. The van der Waals surface area contributed by atoms with Crippen molar-refractivity contribution in [2.75, 3.05) is 7.11 Å². The minimum atomic E-state index is -4.45. The lowest BCUT2D eigenvalue weighted by molar-refractivity contribution is -0.141. The van der Waals surface area contributed by atoms with Gasteiger partial charge in [-0.1, -0.05) is 24.3 Å². The van der Waals surface area contributed by atoms with Crippen molar-refractivity contribution in [3.8, 4) is 5.75 Å². The molecule has 0 saturated heterocycles. The van der Waals surface area contributed by atoms with Gasteiger partial charge < -0.3 is 15.2 Å². The van der Waals surface area contributed by atoms with E-state index in [1.807, 2.05) is 0 Å². The number of hydrogen-bond donors (Lipinski definition) is 2. The fraction of sp³-hybridized carbons (Fsp3) is 0.263. The van der Waals surface area contributed by atoms with Crippen molar-refractivity contribution in [1.29, 1.82) is 0 Å². The number of alkyl halides is 3.